The lowest BCUT2D eigenvalue weighted by Crippen LogP contribution is -2.35. The van der Waals surface area contributed by atoms with E-state index >= 15 is 0 Å². The molecule has 1 N–H and O–H groups in total. The summed E-state index contributed by atoms with van der Waals surface area (Å²) in [5.41, 5.74) is 1.30. The Morgan fingerprint density at radius 3 is 2.56 bits per heavy atom. The molecule has 16 heavy (non-hydrogen) atoms. The van der Waals surface area contributed by atoms with Gasteiger partial charge in [0.15, 0.2) is 0 Å². The van der Waals surface area contributed by atoms with E-state index in [1.165, 1.54) is 5.56 Å². The minimum atomic E-state index is 0.117. The van der Waals surface area contributed by atoms with Crippen LogP contribution in [-0.4, -0.2) is 12.1 Å². The highest BCUT2D eigenvalue weighted by molar-refractivity contribution is 9.10. The molecule has 0 atom stereocenters. The van der Waals surface area contributed by atoms with Crippen molar-refractivity contribution in [3.8, 4) is 5.75 Å². The minimum absolute atomic E-state index is 0.117. The largest absolute Gasteiger partial charge is 0.494 e. The molecule has 0 aliphatic carbocycles. The second kappa shape index (κ2) is 5.69. The number of ether oxygens (including phenoxy) is 1. The van der Waals surface area contributed by atoms with Gasteiger partial charge in [-0.05, 0) is 45.9 Å². The highest BCUT2D eigenvalue weighted by Crippen LogP contribution is 2.23. The summed E-state index contributed by atoms with van der Waals surface area (Å²) in [5.74, 6) is 0.961. The Morgan fingerprint density at radius 1 is 1.31 bits per heavy atom. The van der Waals surface area contributed by atoms with Gasteiger partial charge in [-0.2, -0.15) is 0 Å². The predicted molar refractivity (Wildman–Crippen MR) is 71.9 cm³/mol. The molecule has 0 saturated heterocycles. The molecule has 0 unspecified atom stereocenters. The van der Waals surface area contributed by atoms with E-state index < -0.39 is 0 Å². The first kappa shape index (κ1) is 13.5. The molecule has 0 aliphatic rings. The standard InChI is InChI=1S/C13H20BrNO/c1-5-16-12-7-6-11(14)8-10(12)9-15-13(2,3)4/h6-8,15H,5,9H2,1-4H3. The Labute approximate surface area is 107 Å². The topological polar surface area (TPSA) is 21.3 Å². The second-order valence-corrected chi connectivity index (χ2v) is 5.70. The zero-order chi connectivity index (χ0) is 12.2. The molecule has 1 rings (SSSR count). The molecule has 0 saturated carbocycles. The number of hydrogen-bond donors (Lipinski definition) is 1. The molecule has 0 spiro atoms. The van der Waals surface area contributed by atoms with Gasteiger partial charge in [-0.15, -0.1) is 0 Å². The quantitative estimate of drug-likeness (QED) is 0.910. The average Bonchev–Trinajstić information content (AvgIpc) is 2.17. The van der Waals surface area contributed by atoms with Crippen molar-refractivity contribution in [2.45, 2.75) is 39.8 Å². The summed E-state index contributed by atoms with van der Waals surface area (Å²) in [4.78, 5) is 0. The molecule has 0 heterocycles. The molecule has 1 aromatic carbocycles. The van der Waals surface area contributed by atoms with E-state index in [0.717, 1.165) is 16.8 Å². The van der Waals surface area contributed by atoms with Crippen LogP contribution in [0.3, 0.4) is 0 Å². The van der Waals surface area contributed by atoms with Gasteiger partial charge >= 0.3 is 0 Å². The Kier molecular flexibility index (Phi) is 4.81. The number of nitrogens with one attached hydrogen (secondary N) is 1. The highest BCUT2D eigenvalue weighted by Gasteiger charge is 2.11. The molecule has 0 fully saturated rings. The van der Waals surface area contributed by atoms with Gasteiger partial charge in [0.2, 0.25) is 0 Å². The first-order valence-corrected chi connectivity index (χ1v) is 6.38. The van der Waals surface area contributed by atoms with E-state index in [0.29, 0.717) is 6.61 Å². The SMILES string of the molecule is CCOc1ccc(Br)cc1CNC(C)(C)C. The van der Waals surface area contributed by atoms with Crippen LogP contribution in [-0.2, 0) is 6.54 Å². The highest BCUT2D eigenvalue weighted by atomic mass is 79.9. The van der Waals surface area contributed by atoms with E-state index in [-0.39, 0.29) is 5.54 Å². The van der Waals surface area contributed by atoms with Crippen molar-refractivity contribution in [2.75, 3.05) is 6.61 Å². The number of rotatable bonds is 4. The Morgan fingerprint density at radius 2 is 2.00 bits per heavy atom. The molecule has 1 aromatic rings. The molecule has 0 radical (unpaired) electrons. The Balaban J connectivity index is 2.79. The summed E-state index contributed by atoms with van der Waals surface area (Å²) in [6.45, 7) is 9.99. The summed E-state index contributed by atoms with van der Waals surface area (Å²) in [6, 6.07) is 6.11. The van der Waals surface area contributed by atoms with Crippen molar-refractivity contribution in [3.05, 3.63) is 28.2 Å². The Hall–Kier alpha value is -0.540. The van der Waals surface area contributed by atoms with Crippen molar-refractivity contribution < 1.29 is 4.74 Å². The van der Waals surface area contributed by atoms with Gasteiger partial charge in [0.05, 0.1) is 6.61 Å². The fourth-order valence-electron chi connectivity index (χ4n) is 1.34. The molecular formula is C13H20BrNO. The van der Waals surface area contributed by atoms with Crippen LogP contribution in [0.15, 0.2) is 22.7 Å². The Bertz CT molecular complexity index is 344. The van der Waals surface area contributed by atoms with Crippen LogP contribution in [0.4, 0.5) is 0 Å². The van der Waals surface area contributed by atoms with E-state index in [2.05, 4.69) is 48.1 Å². The molecule has 90 valence electrons. The van der Waals surface area contributed by atoms with Crippen molar-refractivity contribution >= 4 is 15.9 Å². The first-order valence-electron chi connectivity index (χ1n) is 5.58. The maximum Gasteiger partial charge on any atom is 0.123 e. The van der Waals surface area contributed by atoms with E-state index in [9.17, 15) is 0 Å². The van der Waals surface area contributed by atoms with Crippen LogP contribution in [0.2, 0.25) is 0 Å². The summed E-state index contributed by atoms with van der Waals surface area (Å²) in [7, 11) is 0. The fraction of sp³-hybridized carbons (Fsp3) is 0.538. The molecular weight excluding hydrogens is 266 g/mol. The third-order valence-corrected chi connectivity index (χ3v) is 2.62. The predicted octanol–water partition coefficient (Wildman–Crippen LogP) is 3.74. The zero-order valence-corrected chi connectivity index (χ0v) is 12.0. The summed E-state index contributed by atoms with van der Waals surface area (Å²) < 4.78 is 6.68. The first-order chi connectivity index (χ1) is 7.42. The van der Waals surface area contributed by atoms with Crippen LogP contribution in [0.25, 0.3) is 0 Å². The third kappa shape index (κ3) is 4.54. The lowest BCUT2D eigenvalue weighted by atomic mass is 10.1. The number of hydrogen-bond acceptors (Lipinski definition) is 2. The monoisotopic (exact) mass is 285 g/mol. The normalized spacial score (nSPS) is 11.6. The van der Waals surface area contributed by atoms with Gasteiger partial charge in [-0.1, -0.05) is 15.9 Å². The molecule has 0 amide bonds. The summed E-state index contributed by atoms with van der Waals surface area (Å²) >= 11 is 3.48. The van der Waals surface area contributed by atoms with Gasteiger partial charge in [-0.3, -0.25) is 0 Å². The van der Waals surface area contributed by atoms with E-state index in [1.807, 2.05) is 19.1 Å². The average molecular weight is 286 g/mol. The van der Waals surface area contributed by atoms with Crippen molar-refractivity contribution in [3.63, 3.8) is 0 Å². The minimum Gasteiger partial charge on any atom is -0.494 e. The van der Waals surface area contributed by atoms with Gasteiger partial charge in [0, 0.05) is 22.1 Å². The summed E-state index contributed by atoms with van der Waals surface area (Å²) in [5, 5.41) is 3.46. The van der Waals surface area contributed by atoms with Crippen LogP contribution < -0.4 is 10.1 Å². The van der Waals surface area contributed by atoms with Crippen molar-refractivity contribution in [1.82, 2.24) is 5.32 Å². The van der Waals surface area contributed by atoms with Crippen LogP contribution >= 0.6 is 15.9 Å². The lowest BCUT2D eigenvalue weighted by Gasteiger charge is -2.21. The number of halogens is 1. The number of benzene rings is 1. The van der Waals surface area contributed by atoms with Gasteiger partial charge in [-0.25, -0.2) is 0 Å². The maximum absolute atomic E-state index is 5.60. The molecule has 2 nitrogen and oxygen atoms in total. The molecule has 0 aliphatic heterocycles. The lowest BCUT2D eigenvalue weighted by molar-refractivity contribution is 0.332. The second-order valence-electron chi connectivity index (χ2n) is 4.79. The van der Waals surface area contributed by atoms with Gasteiger partial charge in [0.1, 0.15) is 5.75 Å². The molecule has 0 bridgehead atoms. The van der Waals surface area contributed by atoms with Crippen molar-refractivity contribution in [2.24, 2.45) is 0 Å². The van der Waals surface area contributed by atoms with E-state index in [4.69, 9.17) is 4.74 Å². The molecule has 3 heteroatoms. The van der Waals surface area contributed by atoms with Crippen LogP contribution in [0.5, 0.6) is 5.75 Å². The third-order valence-electron chi connectivity index (χ3n) is 2.13. The van der Waals surface area contributed by atoms with Gasteiger partial charge in [0.25, 0.3) is 0 Å². The fourth-order valence-corrected chi connectivity index (χ4v) is 1.75. The van der Waals surface area contributed by atoms with Gasteiger partial charge < -0.3 is 10.1 Å². The zero-order valence-electron chi connectivity index (χ0n) is 10.4. The maximum atomic E-state index is 5.60. The van der Waals surface area contributed by atoms with E-state index in [1.54, 1.807) is 0 Å². The van der Waals surface area contributed by atoms with Crippen LogP contribution in [0.1, 0.15) is 33.3 Å². The summed E-state index contributed by atoms with van der Waals surface area (Å²) in [6.07, 6.45) is 0. The van der Waals surface area contributed by atoms with Crippen molar-refractivity contribution in [1.29, 1.82) is 0 Å². The smallest absolute Gasteiger partial charge is 0.123 e. The molecule has 0 aromatic heterocycles. The van der Waals surface area contributed by atoms with Crippen LogP contribution in [0, 0.1) is 0 Å².